The van der Waals surface area contributed by atoms with Crippen LogP contribution in [0.25, 0.3) is 0 Å². The van der Waals surface area contributed by atoms with Crippen LogP contribution in [0.3, 0.4) is 0 Å². The van der Waals surface area contributed by atoms with E-state index in [9.17, 15) is 9.59 Å². The van der Waals surface area contributed by atoms with Crippen molar-refractivity contribution in [2.24, 2.45) is 5.92 Å². The Labute approximate surface area is 142 Å². The Morgan fingerprint density at radius 2 is 1.62 bits per heavy atom. The SMILES string of the molecule is COc1c(C)cccc1C(=O)Nc1cccc(NC(=O)C(C)C)c1. The van der Waals surface area contributed by atoms with Gasteiger partial charge in [-0.1, -0.05) is 32.0 Å². The van der Waals surface area contributed by atoms with Crippen molar-refractivity contribution in [3.8, 4) is 5.75 Å². The van der Waals surface area contributed by atoms with Crippen molar-refractivity contribution in [1.82, 2.24) is 0 Å². The van der Waals surface area contributed by atoms with Crippen molar-refractivity contribution in [2.75, 3.05) is 17.7 Å². The van der Waals surface area contributed by atoms with Gasteiger partial charge in [0.2, 0.25) is 5.91 Å². The van der Waals surface area contributed by atoms with Gasteiger partial charge in [0.05, 0.1) is 12.7 Å². The molecule has 0 aromatic heterocycles. The first-order valence-electron chi connectivity index (χ1n) is 7.78. The van der Waals surface area contributed by atoms with E-state index in [2.05, 4.69) is 10.6 Å². The molecule has 0 bridgehead atoms. The number of aryl methyl sites for hydroxylation is 1. The molecule has 5 heteroatoms. The molecule has 0 fully saturated rings. The van der Waals surface area contributed by atoms with Gasteiger partial charge in [-0.15, -0.1) is 0 Å². The van der Waals surface area contributed by atoms with E-state index in [1.54, 1.807) is 37.4 Å². The van der Waals surface area contributed by atoms with Crippen LogP contribution in [0, 0.1) is 12.8 Å². The summed E-state index contributed by atoms with van der Waals surface area (Å²) >= 11 is 0. The van der Waals surface area contributed by atoms with Crippen LogP contribution in [0.15, 0.2) is 42.5 Å². The lowest BCUT2D eigenvalue weighted by Crippen LogP contribution is -2.18. The van der Waals surface area contributed by atoms with Crippen molar-refractivity contribution in [3.05, 3.63) is 53.6 Å². The number of carbonyl (C=O) groups excluding carboxylic acids is 2. The fourth-order valence-corrected chi connectivity index (χ4v) is 2.26. The molecule has 0 saturated heterocycles. The third-order valence-electron chi connectivity index (χ3n) is 3.57. The second kappa shape index (κ2) is 7.64. The summed E-state index contributed by atoms with van der Waals surface area (Å²) in [7, 11) is 1.54. The minimum absolute atomic E-state index is 0.0705. The molecule has 0 aliphatic heterocycles. The van der Waals surface area contributed by atoms with Crippen molar-refractivity contribution >= 4 is 23.2 Å². The number of methoxy groups -OCH3 is 1. The fraction of sp³-hybridized carbons (Fsp3) is 0.263. The molecule has 2 aromatic rings. The van der Waals surface area contributed by atoms with Gasteiger partial charge in [0.1, 0.15) is 5.75 Å². The Balaban J connectivity index is 2.18. The third kappa shape index (κ3) is 4.13. The van der Waals surface area contributed by atoms with Crippen molar-refractivity contribution < 1.29 is 14.3 Å². The molecule has 2 rings (SSSR count). The Morgan fingerprint density at radius 3 is 2.25 bits per heavy atom. The van der Waals surface area contributed by atoms with Crippen molar-refractivity contribution in [3.63, 3.8) is 0 Å². The maximum absolute atomic E-state index is 12.5. The van der Waals surface area contributed by atoms with E-state index < -0.39 is 0 Å². The van der Waals surface area contributed by atoms with E-state index >= 15 is 0 Å². The van der Waals surface area contributed by atoms with Gasteiger partial charge in [-0.3, -0.25) is 9.59 Å². The van der Waals surface area contributed by atoms with Gasteiger partial charge < -0.3 is 15.4 Å². The second-order valence-corrected chi connectivity index (χ2v) is 5.83. The molecule has 0 radical (unpaired) electrons. The minimum Gasteiger partial charge on any atom is -0.496 e. The highest BCUT2D eigenvalue weighted by atomic mass is 16.5. The largest absolute Gasteiger partial charge is 0.496 e. The van der Waals surface area contributed by atoms with Gasteiger partial charge in [-0.05, 0) is 36.8 Å². The van der Waals surface area contributed by atoms with E-state index in [1.807, 2.05) is 32.9 Å². The first kappa shape index (κ1) is 17.5. The summed E-state index contributed by atoms with van der Waals surface area (Å²) in [6.45, 7) is 5.54. The van der Waals surface area contributed by atoms with Crippen LogP contribution in [0.2, 0.25) is 0 Å². The molecule has 2 amide bonds. The number of hydrogen-bond acceptors (Lipinski definition) is 3. The van der Waals surface area contributed by atoms with Gasteiger partial charge >= 0.3 is 0 Å². The molecule has 0 heterocycles. The highest BCUT2D eigenvalue weighted by Crippen LogP contribution is 2.24. The summed E-state index contributed by atoms with van der Waals surface area (Å²) in [6.07, 6.45) is 0. The van der Waals surface area contributed by atoms with Gasteiger partial charge in [-0.2, -0.15) is 0 Å². The number of anilines is 2. The molecule has 126 valence electrons. The lowest BCUT2D eigenvalue weighted by atomic mass is 10.1. The fourth-order valence-electron chi connectivity index (χ4n) is 2.26. The number of hydrogen-bond donors (Lipinski definition) is 2. The van der Waals surface area contributed by atoms with Gasteiger partial charge in [0.25, 0.3) is 5.91 Å². The minimum atomic E-state index is -0.261. The Bertz CT molecular complexity index is 754. The van der Waals surface area contributed by atoms with E-state index in [-0.39, 0.29) is 17.7 Å². The van der Waals surface area contributed by atoms with Gasteiger partial charge in [0, 0.05) is 17.3 Å². The topological polar surface area (TPSA) is 67.4 Å². The summed E-state index contributed by atoms with van der Waals surface area (Å²) in [5.41, 5.74) is 2.60. The number of benzene rings is 2. The summed E-state index contributed by atoms with van der Waals surface area (Å²) < 4.78 is 5.32. The molecule has 2 aromatic carbocycles. The third-order valence-corrected chi connectivity index (χ3v) is 3.57. The molecule has 2 N–H and O–H groups in total. The Kier molecular flexibility index (Phi) is 5.58. The van der Waals surface area contributed by atoms with E-state index in [0.29, 0.717) is 22.7 Å². The predicted octanol–water partition coefficient (Wildman–Crippen LogP) is 3.85. The lowest BCUT2D eigenvalue weighted by molar-refractivity contribution is -0.118. The van der Waals surface area contributed by atoms with Crippen molar-refractivity contribution in [1.29, 1.82) is 0 Å². The van der Waals surface area contributed by atoms with E-state index in [0.717, 1.165) is 5.56 Å². The highest BCUT2D eigenvalue weighted by molar-refractivity contribution is 6.06. The van der Waals surface area contributed by atoms with E-state index in [1.165, 1.54) is 0 Å². The van der Waals surface area contributed by atoms with Crippen LogP contribution in [0.4, 0.5) is 11.4 Å². The molecule has 0 spiro atoms. The highest BCUT2D eigenvalue weighted by Gasteiger charge is 2.14. The van der Waals surface area contributed by atoms with Crippen LogP contribution < -0.4 is 15.4 Å². The smallest absolute Gasteiger partial charge is 0.259 e. The van der Waals surface area contributed by atoms with Crippen LogP contribution in [-0.2, 0) is 4.79 Å². The quantitative estimate of drug-likeness (QED) is 0.877. The number of rotatable bonds is 5. The maximum Gasteiger partial charge on any atom is 0.259 e. The standard InChI is InChI=1S/C19H22N2O3/c1-12(2)18(22)20-14-8-6-9-15(11-14)21-19(23)16-10-5-7-13(3)17(16)24-4/h5-12H,1-4H3,(H,20,22)(H,21,23). The zero-order valence-electron chi connectivity index (χ0n) is 14.3. The zero-order chi connectivity index (χ0) is 17.7. The Hall–Kier alpha value is -2.82. The molecule has 0 unspecified atom stereocenters. The molecule has 5 nitrogen and oxygen atoms in total. The number of nitrogens with one attached hydrogen (secondary N) is 2. The Morgan fingerprint density at radius 1 is 1.00 bits per heavy atom. The summed E-state index contributed by atoms with van der Waals surface area (Å²) in [5.74, 6) is 0.112. The average molecular weight is 326 g/mol. The number of amides is 2. The average Bonchev–Trinajstić information content (AvgIpc) is 2.54. The molecule has 24 heavy (non-hydrogen) atoms. The first-order valence-corrected chi connectivity index (χ1v) is 7.78. The van der Waals surface area contributed by atoms with Crippen LogP contribution in [0.1, 0.15) is 29.8 Å². The summed E-state index contributed by atoms with van der Waals surface area (Å²) in [4.78, 5) is 24.3. The number of para-hydroxylation sites is 1. The number of carbonyl (C=O) groups is 2. The monoisotopic (exact) mass is 326 g/mol. The molecular formula is C19H22N2O3. The molecular weight excluding hydrogens is 304 g/mol. The normalized spacial score (nSPS) is 10.4. The van der Waals surface area contributed by atoms with Crippen LogP contribution in [0.5, 0.6) is 5.75 Å². The van der Waals surface area contributed by atoms with Gasteiger partial charge in [-0.25, -0.2) is 0 Å². The summed E-state index contributed by atoms with van der Waals surface area (Å²) in [6, 6.07) is 12.5. The molecule has 0 aliphatic rings. The maximum atomic E-state index is 12.5. The zero-order valence-corrected chi connectivity index (χ0v) is 14.3. The van der Waals surface area contributed by atoms with Crippen molar-refractivity contribution in [2.45, 2.75) is 20.8 Å². The lowest BCUT2D eigenvalue weighted by Gasteiger charge is -2.13. The predicted molar refractivity (Wildman–Crippen MR) is 95.6 cm³/mol. The van der Waals surface area contributed by atoms with Gasteiger partial charge in [0.15, 0.2) is 0 Å². The molecule has 0 aliphatic carbocycles. The molecule has 0 saturated carbocycles. The first-order chi connectivity index (χ1) is 11.4. The van der Waals surface area contributed by atoms with Crippen LogP contribution in [-0.4, -0.2) is 18.9 Å². The second-order valence-electron chi connectivity index (χ2n) is 5.83. The van der Waals surface area contributed by atoms with Crippen LogP contribution >= 0.6 is 0 Å². The summed E-state index contributed by atoms with van der Waals surface area (Å²) in [5, 5.41) is 5.64. The molecule has 0 atom stereocenters. The number of ether oxygens (including phenoxy) is 1. The van der Waals surface area contributed by atoms with E-state index in [4.69, 9.17) is 4.74 Å².